The summed E-state index contributed by atoms with van der Waals surface area (Å²) in [6, 6.07) is 8.45. The van der Waals surface area contributed by atoms with Gasteiger partial charge in [-0.15, -0.1) is 0 Å². The highest BCUT2D eigenvalue weighted by Crippen LogP contribution is 2.15. The molecule has 1 aromatic carbocycles. The average molecular weight is 1190 g/mol. The largest absolute Gasteiger partial charge is 0.491 e. The van der Waals surface area contributed by atoms with Crippen molar-refractivity contribution in [2.75, 3.05) is 291 Å². The Kier molecular flexibility index (Phi) is 68.3. The molecule has 82 heavy (non-hydrogen) atoms. The van der Waals surface area contributed by atoms with E-state index in [0.29, 0.717) is 284 Å². The summed E-state index contributed by atoms with van der Waals surface area (Å²) in [5.41, 5.74) is 1.37. The van der Waals surface area contributed by atoms with E-state index in [2.05, 4.69) is 31.2 Å². The van der Waals surface area contributed by atoms with E-state index >= 15 is 0 Å². The summed E-state index contributed by atoms with van der Waals surface area (Å²) in [7, 11) is 0. The predicted molar refractivity (Wildman–Crippen MR) is 308 cm³/mol. The van der Waals surface area contributed by atoms with Crippen LogP contribution in [0.15, 0.2) is 24.3 Å². The molecule has 0 fully saturated rings. The number of aliphatic hydroxyl groups is 1. The van der Waals surface area contributed by atoms with Crippen LogP contribution in [0, 0.1) is 0 Å². The van der Waals surface area contributed by atoms with Crippen LogP contribution in [0.4, 0.5) is 0 Å². The number of benzene rings is 1. The number of aliphatic hydroxyl groups excluding tert-OH is 1. The Morgan fingerprint density at radius 2 is 0.402 bits per heavy atom. The molecule has 0 aliphatic carbocycles. The molecule has 1 aromatic rings. The Balaban J connectivity index is 1.61. The van der Waals surface area contributed by atoms with Gasteiger partial charge in [0.15, 0.2) is 0 Å². The van der Waals surface area contributed by atoms with Crippen molar-refractivity contribution >= 4 is 0 Å². The summed E-state index contributed by atoms with van der Waals surface area (Å²) in [6.45, 7) is 23.4. The molecular formula is C59H112O23. The summed E-state index contributed by atoms with van der Waals surface area (Å²) < 4.78 is 121. The van der Waals surface area contributed by atoms with E-state index in [4.69, 9.17) is 109 Å². The quantitative estimate of drug-likeness (QED) is 0.0873. The number of unbranched alkanes of at least 4 members (excludes halogenated alkanes) is 6. The molecule has 0 unspecified atom stereocenters. The van der Waals surface area contributed by atoms with Gasteiger partial charge >= 0.3 is 0 Å². The first kappa shape index (κ1) is 78.2. The molecule has 0 atom stereocenters. The fraction of sp³-hybridized carbons (Fsp3) is 0.898. The molecule has 0 amide bonds. The molecule has 0 saturated carbocycles. The van der Waals surface area contributed by atoms with Gasteiger partial charge in [-0.3, -0.25) is 0 Å². The maximum Gasteiger partial charge on any atom is 0.119 e. The fourth-order valence-electron chi connectivity index (χ4n) is 6.82. The van der Waals surface area contributed by atoms with Crippen molar-refractivity contribution < 1.29 is 109 Å². The monoisotopic (exact) mass is 1190 g/mol. The van der Waals surface area contributed by atoms with Crippen molar-refractivity contribution in [2.24, 2.45) is 0 Å². The maximum absolute atomic E-state index is 8.61. The molecule has 0 saturated heterocycles. The lowest BCUT2D eigenvalue weighted by Crippen LogP contribution is -2.16. The second-order valence-corrected chi connectivity index (χ2v) is 17.9. The lowest BCUT2D eigenvalue weighted by atomic mass is 10.0. The molecule has 0 bridgehead atoms. The van der Waals surface area contributed by atoms with Gasteiger partial charge in [0, 0.05) is 0 Å². The maximum atomic E-state index is 8.61. The van der Waals surface area contributed by atoms with E-state index in [1.54, 1.807) is 0 Å². The van der Waals surface area contributed by atoms with Crippen LogP contribution in [0.5, 0.6) is 5.75 Å². The van der Waals surface area contributed by atoms with Crippen molar-refractivity contribution in [3.63, 3.8) is 0 Å². The van der Waals surface area contributed by atoms with E-state index in [0.717, 1.165) is 12.2 Å². The second-order valence-electron chi connectivity index (χ2n) is 17.9. The molecule has 0 heterocycles. The van der Waals surface area contributed by atoms with Crippen molar-refractivity contribution in [1.82, 2.24) is 0 Å². The smallest absolute Gasteiger partial charge is 0.119 e. The zero-order chi connectivity index (χ0) is 58.3. The number of ether oxygens (including phenoxy) is 22. The van der Waals surface area contributed by atoms with Gasteiger partial charge in [0.2, 0.25) is 0 Å². The number of hydrogen-bond donors (Lipinski definition) is 1. The van der Waals surface area contributed by atoms with E-state index in [-0.39, 0.29) is 6.61 Å². The topological polar surface area (TPSA) is 223 Å². The molecule has 0 radical (unpaired) electrons. The minimum atomic E-state index is 0.0188. The van der Waals surface area contributed by atoms with Crippen LogP contribution < -0.4 is 4.74 Å². The van der Waals surface area contributed by atoms with E-state index in [1.165, 1.54) is 50.5 Å². The first-order valence-corrected chi connectivity index (χ1v) is 30.3. The van der Waals surface area contributed by atoms with Gasteiger partial charge in [0.05, 0.1) is 284 Å². The molecule has 0 aliphatic rings. The Morgan fingerprint density at radius 1 is 0.220 bits per heavy atom. The van der Waals surface area contributed by atoms with Crippen LogP contribution in [0.3, 0.4) is 0 Å². The van der Waals surface area contributed by atoms with Crippen molar-refractivity contribution in [3.8, 4) is 5.75 Å². The first-order valence-electron chi connectivity index (χ1n) is 30.3. The van der Waals surface area contributed by atoms with Gasteiger partial charge in [0.1, 0.15) is 12.4 Å². The van der Waals surface area contributed by atoms with E-state index in [9.17, 15) is 0 Å². The van der Waals surface area contributed by atoms with Gasteiger partial charge in [-0.25, -0.2) is 0 Å². The Hall–Kier alpha value is -1.86. The first-order chi connectivity index (χ1) is 40.9. The van der Waals surface area contributed by atoms with Crippen LogP contribution >= 0.6 is 0 Å². The van der Waals surface area contributed by atoms with Crippen LogP contribution in [0.25, 0.3) is 0 Å². The Bertz CT molecular complexity index is 1300. The van der Waals surface area contributed by atoms with Gasteiger partial charge in [-0.2, -0.15) is 0 Å². The van der Waals surface area contributed by atoms with E-state index < -0.39 is 0 Å². The van der Waals surface area contributed by atoms with Crippen LogP contribution in [-0.4, -0.2) is 296 Å². The molecular weight excluding hydrogens is 1080 g/mol. The number of hydrogen-bond acceptors (Lipinski definition) is 23. The molecule has 0 aliphatic heterocycles. The molecule has 1 rings (SSSR count). The number of rotatable bonds is 74. The van der Waals surface area contributed by atoms with Gasteiger partial charge < -0.3 is 109 Å². The lowest BCUT2D eigenvalue weighted by Gasteiger charge is -2.09. The molecule has 23 nitrogen and oxygen atoms in total. The third-order valence-electron chi connectivity index (χ3n) is 11.2. The standard InChI is InChI=1S/C59H112O23/c1-2-3-4-5-6-7-8-9-58-10-12-59(13-11-58)82-57-56-81-55-54-80-53-52-79-51-50-78-49-48-77-47-46-76-45-44-75-43-42-74-41-40-73-39-38-72-37-36-71-35-34-70-33-32-69-31-30-68-29-28-67-27-26-66-25-24-65-23-22-64-21-20-63-19-18-62-17-16-61-15-14-60/h10-13,60H,2-9,14-57H2,1H3. The molecule has 1 N–H and O–H groups in total. The molecule has 0 spiro atoms. The fourth-order valence-corrected chi connectivity index (χ4v) is 6.82. The highest BCUT2D eigenvalue weighted by molar-refractivity contribution is 5.27. The molecule has 0 aromatic heterocycles. The normalized spacial score (nSPS) is 11.7. The van der Waals surface area contributed by atoms with Crippen molar-refractivity contribution in [1.29, 1.82) is 0 Å². The summed E-state index contributed by atoms with van der Waals surface area (Å²) in [6.07, 6.45) is 10.5. The van der Waals surface area contributed by atoms with Crippen molar-refractivity contribution in [2.45, 2.75) is 58.3 Å². The predicted octanol–water partition coefficient (Wildman–Crippen LogP) is 4.70. The number of aryl methyl sites for hydroxylation is 1. The van der Waals surface area contributed by atoms with Gasteiger partial charge in [-0.1, -0.05) is 57.6 Å². The van der Waals surface area contributed by atoms with Crippen LogP contribution in [0.1, 0.15) is 57.4 Å². The molecule has 486 valence electrons. The summed E-state index contributed by atoms with van der Waals surface area (Å²) in [4.78, 5) is 0. The third-order valence-corrected chi connectivity index (χ3v) is 11.2. The second kappa shape index (κ2) is 71.6. The Labute approximate surface area is 492 Å². The minimum absolute atomic E-state index is 0.0188. The highest BCUT2D eigenvalue weighted by atomic mass is 16.6. The lowest BCUT2D eigenvalue weighted by molar-refractivity contribution is -0.0317. The third kappa shape index (κ3) is 65.7. The zero-order valence-corrected chi connectivity index (χ0v) is 50.5. The summed E-state index contributed by atoms with van der Waals surface area (Å²) in [5.74, 6) is 0.881. The van der Waals surface area contributed by atoms with Crippen molar-refractivity contribution in [3.05, 3.63) is 29.8 Å². The summed E-state index contributed by atoms with van der Waals surface area (Å²) in [5, 5.41) is 8.61. The van der Waals surface area contributed by atoms with Crippen LogP contribution in [-0.2, 0) is 106 Å². The van der Waals surface area contributed by atoms with Crippen LogP contribution in [0.2, 0.25) is 0 Å². The Morgan fingerprint density at radius 3 is 0.610 bits per heavy atom. The highest BCUT2D eigenvalue weighted by Gasteiger charge is 2.02. The van der Waals surface area contributed by atoms with Gasteiger partial charge in [-0.05, 0) is 30.5 Å². The SMILES string of the molecule is CCCCCCCCCc1ccc(OCCOCCOCCOCCOCCOCCOCCOCCOCCOCCOCCOCCOCCOCCOCCOCCOCCOCCOCCOCCOCCOCCO)cc1. The van der Waals surface area contributed by atoms with Gasteiger partial charge in [0.25, 0.3) is 0 Å². The summed E-state index contributed by atoms with van der Waals surface area (Å²) >= 11 is 0. The minimum Gasteiger partial charge on any atom is -0.491 e. The average Bonchev–Trinajstić information content (AvgIpc) is 3.49. The van der Waals surface area contributed by atoms with E-state index in [1.807, 2.05) is 0 Å². The molecule has 23 heteroatoms. The zero-order valence-electron chi connectivity index (χ0n) is 50.5.